The van der Waals surface area contributed by atoms with Gasteiger partial charge in [0.05, 0.1) is 26.4 Å². The highest BCUT2D eigenvalue weighted by Gasteiger charge is 2.51. The minimum Gasteiger partial charge on any atom is -0.504 e. The molecule has 7 N–H and O–H groups in total. The van der Waals surface area contributed by atoms with E-state index in [1.54, 1.807) is 24.3 Å². The molecule has 0 bridgehead atoms. The van der Waals surface area contributed by atoms with Gasteiger partial charge in [0.15, 0.2) is 30.2 Å². The molecule has 0 amide bonds. The Balaban J connectivity index is 1.41. The highest BCUT2D eigenvalue weighted by Crippen LogP contribution is 2.29. The van der Waals surface area contributed by atoms with Crippen LogP contribution in [0.15, 0.2) is 54.6 Å². The third kappa shape index (κ3) is 7.58. The maximum Gasteiger partial charge on any atom is 0.365 e. The fraction of sp³-hybridized carbons (Fsp3) is 0.444. The first-order chi connectivity index (χ1) is 19.6. The topological polar surface area (TPSA) is 214 Å². The molecular formula is C27H32O14. The Labute approximate surface area is 234 Å². The molecule has 0 radical (unpaired) electrons. The molecule has 0 spiro atoms. The van der Waals surface area contributed by atoms with E-state index < -0.39 is 80.2 Å². The predicted octanol–water partition coefficient (Wildman–Crippen LogP) is -0.925. The second kappa shape index (κ2) is 13.7. The maximum absolute atomic E-state index is 12.3. The Kier molecular flexibility index (Phi) is 10.3. The van der Waals surface area contributed by atoms with Crippen LogP contribution < -0.4 is 0 Å². The highest BCUT2D eigenvalue weighted by molar-refractivity contribution is 5.86. The van der Waals surface area contributed by atoms with Gasteiger partial charge in [-0.15, -0.1) is 0 Å². The Morgan fingerprint density at radius 1 is 1.00 bits per heavy atom. The van der Waals surface area contributed by atoms with Crippen molar-refractivity contribution in [1.82, 2.24) is 0 Å². The molecule has 4 rings (SSSR count). The lowest BCUT2D eigenvalue weighted by atomic mass is 9.99. The number of rotatable bonds is 11. The number of hydrogen-bond acceptors (Lipinski definition) is 14. The van der Waals surface area contributed by atoms with Gasteiger partial charge in [-0.3, -0.25) is 4.89 Å². The van der Waals surface area contributed by atoms with E-state index in [2.05, 4.69) is 0 Å². The first kappa shape index (κ1) is 30.8. The van der Waals surface area contributed by atoms with Crippen molar-refractivity contribution in [2.24, 2.45) is 0 Å². The fourth-order valence-corrected chi connectivity index (χ4v) is 4.11. The standard InChI is InChI=1S/C27H32O14/c28-13-27(35)14-38-26(24(27)34)37-12-19-23(41-40-20(31)9-7-15-6-8-17(29)18(30)10-15)21(32)22(33)25(39-19)36-11-16-4-2-1-3-5-16/h1-10,19,21-26,28-30,32-35H,11-14H2/b9-7+/t19-,21-,22-,23-,24+,25-,26-,27-/m1/s1. The molecule has 2 aliphatic rings. The van der Waals surface area contributed by atoms with Crippen molar-refractivity contribution < 1.29 is 69.3 Å². The van der Waals surface area contributed by atoms with Crippen molar-refractivity contribution in [3.63, 3.8) is 0 Å². The van der Waals surface area contributed by atoms with Gasteiger partial charge in [-0.05, 0) is 29.3 Å². The number of aliphatic hydroxyl groups excluding tert-OH is 4. The van der Waals surface area contributed by atoms with Gasteiger partial charge >= 0.3 is 5.97 Å². The third-order valence-electron chi connectivity index (χ3n) is 6.55. The summed E-state index contributed by atoms with van der Waals surface area (Å²) in [5, 5.41) is 70.2. The van der Waals surface area contributed by atoms with E-state index in [1.165, 1.54) is 24.3 Å². The number of carbonyl (C=O) groups excluding carboxylic acids is 1. The molecule has 0 aromatic heterocycles. The third-order valence-corrected chi connectivity index (χ3v) is 6.55. The van der Waals surface area contributed by atoms with Gasteiger partial charge in [-0.1, -0.05) is 36.4 Å². The molecule has 0 aliphatic carbocycles. The molecule has 41 heavy (non-hydrogen) atoms. The van der Waals surface area contributed by atoms with Crippen molar-refractivity contribution in [2.75, 3.05) is 19.8 Å². The minimum absolute atomic E-state index is 0.0228. The summed E-state index contributed by atoms with van der Waals surface area (Å²) < 4.78 is 22.2. The number of carbonyl (C=O) groups is 1. The molecule has 14 heteroatoms. The van der Waals surface area contributed by atoms with E-state index in [0.717, 1.165) is 11.6 Å². The zero-order valence-electron chi connectivity index (χ0n) is 21.6. The van der Waals surface area contributed by atoms with E-state index in [1.807, 2.05) is 6.07 Å². The van der Waals surface area contributed by atoms with E-state index in [9.17, 15) is 40.5 Å². The van der Waals surface area contributed by atoms with Crippen LogP contribution in [-0.4, -0.2) is 110 Å². The minimum atomic E-state index is -1.94. The van der Waals surface area contributed by atoms with Gasteiger partial charge in [0, 0.05) is 6.08 Å². The average molecular weight is 581 g/mol. The van der Waals surface area contributed by atoms with Gasteiger partial charge in [0.25, 0.3) is 0 Å². The fourth-order valence-electron chi connectivity index (χ4n) is 4.11. The molecule has 14 nitrogen and oxygen atoms in total. The monoisotopic (exact) mass is 580 g/mol. The highest BCUT2D eigenvalue weighted by atomic mass is 17.2. The normalized spacial score (nSPS) is 31.9. The number of phenols is 2. The molecule has 2 aromatic carbocycles. The summed E-state index contributed by atoms with van der Waals surface area (Å²) in [6.45, 7) is -1.63. The van der Waals surface area contributed by atoms with E-state index in [-0.39, 0.29) is 12.4 Å². The first-order valence-electron chi connectivity index (χ1n) is 12.6. The number of aromatic hydroxyl groups is 2. The van der Waals surface area contributed by atoms with Crippen molar-refractivity contribution >= 4 is 12.0 Å². The van der Waals surface area contributed by atoms with Crippen LogP contribution in [0.2, 0.25) is 0 Å². The van der Waals surface area contributed by atoms with Gasteiger partial charge < -0.3 is 54.7 Å². The predicted molar refractivity (Wildman–Crippen MR) is 135 cm³/mol. The van der Waals surface area contributed by atoms with Gasteiger partial charge in [-0.25, -0.2) is 4.79 Å². The zero-order chi connectivity index (χ0) is 29.6. The lowest BCUT2D eigenvalue weighted by Gasteiger charge is -2.41. The van der Waals surface area contributed by atoms with Crippen LogP contribution in [0.25, 0.3) is 6.08 Å². The van der Waals surface area contributed by atoms with E-state index >= 15 is 0 Å². The van der Waals surface area contributed by atoms with Crippen LogP contribution in [0.3, 0.4) is 0 Å². The lowest BCUT2D eigenvalue weighted by Crippen LogP contribution is -2.60. The molecule has 224 valence electrons. The van der Waals surface area contributed by atoms with Gasteiger partial charge in [0.2, 0.25) is 0 Å². The Morgan fingerprint density at radius 3 is 2.44 bits per heavy atom. The molecule has 2 heterocycles. The van der Waals surface area contributed by atoms with E-state index in [0.29, 0.717) is 5.56 Å². The Hall–Kier alpha value is -3.15. The SMILES string of the molecule is O=C(/C=C/c1ccc(O)c(O)c1)OO[C@H]1[C@H](O)[C@@H](O)[C@H](OCc2ccccc2)O[C@@H]1CO[C@@H]1OC[C@](O)(CO)[C@H]1O. The Morgan fingerprint density at radius 2 is 1.76 bits per heavy atom. The first-order valence-corrected chi connectivity index (χ1v) is 12.6. The Bertz CT molecular complexity index is 1180. The number of hydrogen-bond donors (Lipinski definition) is 7. The molecule has 2 fully saturated rings. The maximum atomic E-state index is 12.3. The van der Waals surface area contributed by atoms with Crippen molar-refractivity contribution in [2.45, 2.75) is 55.3 Å². The van der Waals surface area contributed by atoms with Crippen molar-refractivity contribution in [3.05, 3.63) is 65.7 Å². The van der Waals surface area contributed by atoms with Crippen LogP contribution in [0, 0.1) is 0 Å². The van der Waals surface area contributed by atoms with Crippen LogP contribution in [0.4, 0.5) is 0 Å². The summed E-state index contributed by atoms with van der Waals surface area (Å²) in [5.41, 5.74) is -0.824. The summed E-state index contributed by atoms with van der Waals surface area (Å²) >= 11 is 0. The van der Waals surface area contributed by atoms with Crippen LogP contribution in [-0.2, 0) is 40.1 Å². The van der Waals surface area contributed by atoms with E-state index in [4.69, 9.17) is 28.7 Å². The average Bonchev–Trinajstić information content (AvgIpc) is 3.26. The number of phenolic OH excluding ortho intramolecular Hbond substituents is 2. The molecule has 0 saturated carbocycles. The summed E-state index contributed by atoms with van der Waals surface area (Å²) in [7, 11) is 0. The molecule has 2 saturated heterocycles. The summed E-state index contributed by atoms with van der Waals surface area (Å²) in [4.78, 5) is 22.2. The van der Waals surface area contributed by atoms with Crippen molar-refractivity contribution in [1.29, 1.82) is 0 Å². The largest absolute Gasteiger partial charge is 0.504 e. The quantitative estimate of drug-likeness (QED) is 0.0741. The second-order valence-electron chi connectivity index (χ2n) is 9.58. The van der Waals surface area contributed by atoms with Gasteiger partial charge in [-0.2, -0.15) is 4.89 Å². The van der Waals surface area contributed by atoms with Crippen LogP contribution in [0.5, 0.6) is 11.5 Å². The summed E-state index contributed by atoms with van der Waals surface area (Å²) in [5.74, 6) is -1.76. The zero-order valence-corrected chi connectivity index (χ0v) is 21.6. The second-order valence-corrected chi connectivity index (χ2v) is 9.58. The molecule has 2 aromatic rings. The smallest absolute Gasteiger partial charge is 0.365 e. The summed E-state index contributed by atoms with van der Waals surface area (Å²) in [6.07, 6.45) is -8.23. The lowest BCUT2D eigenvalue weighted by molar-refractivity contribution is -0.380. The van der Waals surface area contributed by atoms with Crippen LogP contribution in [0.1, 0.15) is 11.1 Å². The number of benzene rings is 2. The van der Waals surface area contributed by atoms with Gasteiger partial charge in [0.1, 0.15) is 30.0 Å². The number of aliphatic hydroxyl groups is 5. The molecule has 8 atom stereocenters. The van der Waals surface area contributed by atoms with Crippen LogP contribution >= 0.6 is 0 Å². The molecular weight excluding hydrogens is 548 g/mol. The molecule has 2 aliphatic heterocycles. The van der Waals surface area contributed by atoms with Crippen molar-refractivity contribution in [3.8, 4) is 11.5 Å². The summed E-state index contributed by atoms with van der Waals surface area (Å²) in [6, 6.07) is 12.8. The number of ether oxygens (including phenoxy) is 4. The molecule has 0 unspecified atom stereocenters.